The Balaban J connectivity index is 1.58. The minimum Gasteiger partial charge on any atom is -0.350 e. The van der Waals surface area contributed by atoms with Gasteiger partial charge in [0, 0.05) is 31.4 Å². The Morgan fingerprint density at radius 3 is 3.14 bits per heavy atom. The summed E-state index contributed by atoms with van der Waals surface area (Å²) in [6, 6.07) is 5.52. The number of hydrogen-bond donors (Lipinski definition) is 2. The largest absolute Gasteiger partial charge is 0.350 e. The molecule has 2 amide bonds. The number of nitrogens with zero attached hydrogens (tertiary/aromatic N) is 2. The van der Waals surface area contributed by atoms with E-state index in [0.717, 1.165) is 36.7 Å². The van der Waals surface area contributed by atoms with Crippen molar-refractivity contribution < 1.29 is 9.59 Å². The summed E-state index contributed by atoms with van der Waals surface area (Å²) >= 11 is 0. The molecule has 6 heteroatoms. The molecule has 1 saturated heterocycles. The number of rotatable bonds is 4. The summed E-state index contributed by atoms with van der Waals surface area (Å²) in [6.07, 6.45) is 5.45. The highest BCUT2D eigenvalue weighted by molar-refractivity contribution is 6.05. The van der Waals surface area contributed by atoms with Gasteiger partial charge in [0.05, 0.1) is 17.3 Å². The molecule has 1 aliphatic heterocycles. The van der Waals surface area contributed by atoms with Crippen molar-refractivity contribution in [2.75, 3.05) is 19.6 Å². The van der Waals surface area contributed by atoms with Gasteiger partial charge in [0.1, 0.15) is 0 Å². The maximum absolute atomic E-state index is 12.3. The first-order valence-electron chi connectivity index (χ1n) is 7.74. The second kappa shape index (κ2) is 6.60. The smallest absolute Gasteiger partial charge is 0.253 e. The van der Waals surface area contributed by atoms with E-state index < -0.39 is 0 Å². The van der Waals surface area contributed by atoms with E-state index in [0.29, 0.717) is 25.1 Å². The summed E-state index contributed by atoms with van der Waals surface area (Å²) < 4.78 is 0. The number of aromatic amines is 1. The van der Waals surface area contributed by atoms with Crippen LogP contribution in [0, 0.1) is 0 Å². The first-order valence-corrected chi connectivity index (χ1v) is 7.74. The van der Waals surface area contributed by atoms with Crippen molar-refractivity contribution in [3.05, 3.63) is 30.0 Å². The molecule has 0 unspecified atom stereocenters. The summed E-state index contributed by atoms with van der Waals surface area (Å²) in [6.45, 7) is 1.84. The molecule has 0 radical (unpaired) electrons. The number of amides is 2. The Kier molecular flexibility index (Phi) is 4.37. The van der Waals surface area contributed by atoms with Crippen LogP contribution >= 0.6 is 0 Å². The number of nitrogens with one attached hydrogen (secondary N) is 2. The second-order valence-corrected chi connectivity index (χ2v) is 5.59. The average molecular weight is 300 g/mol. The molecule has 1 aliphatic rings. The standard InChI is InChI=1S/C16H20N4O2/c21-14-7-2-1-3-9-20(14)10-8-17-16(22)13-6-4-5-12-11-18-19-15(12)13/h4-6,11H,1-3,7-10H2,(H,17,22)(H,18,19). The van der Waals surface area contributed by atoms with Crippen LogP contribution < -0.4 is 5.32 Å². The van der Waals surface area contributed by atoms with Crippen LogP contribution in [0.3, 0.4) is 0 Å². The molecule has 2 aromatic rings. The molecule has 6 nitrogen and oxygen atoms in total. The molecule has 22 heavy (non-hydrogen) atoms. The van der Waals surface area contributed by atoms with E-state index >= 15 is 0 Å². The Hall–Kier alpha value is -2.37. The van der Waals surface area contributed by atoms with Gasteiger partial charge in [-0.05, 0) is 18.9 Å². The van der Waals surface area contributed by atoms with Crippen molar-refractivity contribution >= 4 is 22.7 Å². The van der Waals surface area contributed by atoms with E-state index in [1.54, 1.807) is 12.3 Å². The predicted molar refractivity (Wildman–Crippen MR) is 83.5 cm³/mol. The van der Waals surface area contributed by atoms with E-state index in [1.165, 1.54) is 0 Å². The molecular weight excluding hydrogens is 280 g/mol. The number of carbonyl (C=O) groups excluding carboxylic acids is 2. The molecule has 0 bridgehead atoms. The highest BCUT2D eigenvalue weighted by atomic mass is 16.2. The van der Waals surface area contributed by atoms with Crippen molar-refractivity contribution in [1.82, 2.24) is 20.4 Å². The Morgan fingerprint density at radius 1 is 1.32 bits per heavy atom. The quantitative estimate of drug-likeness (QED) is 0.902. The normalized spacial score (nSPS) is 15.8. The second-order valence-electron chi connectivity index (χ2n) is 5.59. The topological polar surface area (TPSA) is 78.1 Å². The number of para-hydroxylation sites is 1. The van der Waals surface area contributed by atoms with Crippen LogP contribution in [-0.2, 0) is 4.79 Å². The van der Waals surface area contributed by atoms with E-state index in [2.05, 4.69) is 15.5 Å². The first kappa shape index (κ1) is 14.6. The Morgan fingerprint density at radius 2 is 2.23 bits per heavy atom. The van der Waals surface area contributed by atoms with Gasteiger partial charge in [0.15, 0.2) is 0 Å². The van der Waals surface area contributed by atoms with Gasteiger partial charge in [0.2, 0.25) is 5.91 Å². The number of hydrogen-bond acceptors (Lipinski definition) is 3. The third kappa shape index (κ3) is 3.10. The van der Waals surface area contributed by atoms with E-state index in [-0.39, 0.29) is 11.8 Å². The lowest BCUT2D eigenvalue weighted by atomic mass is 10.1. The van der Waals surface area contributed by atoms with Gasteiger partial charge < -0.3 is 10.2 Å². The SMILES string of the molecule is O=C(NCCN1CCCCCC1=O)c1cccc2cn[nH]c12. The molecule has 2 heterocycles. The molecule has 3 rings (SSSR count). The molecular formula is C16H20N4O2. The molecule has 0 saturated carbocycles. The molecule has 0 aliphatic carbocycles. The molecule has 1 fully saturated rings. The van der Waals surface area contributed by atoms with Crippen LogP contribution in [0.1, 0.15) is 36.0 Å². The lowest BCUT2D eigenvalue weighted by Gasteiger charge is -2.20. The monoisotopic (exact) mass is 300 g/mol. The van der Waals surface area contributed by atoms with Crippen LogP contribution in [0.5, 0.6) is 0 Å². The van der Waals surface area contributed by atoms with Gasteiger partial charge in [-0.2, -0.15) is 5.10 Å². The van der Waals surface area contributed by atoms with Crippen molar-refractivity contribution in [2.45, 2.75) is 25.7 Å². The molecule has 116 valence electrons. The highest BCUT2D eigenvalue weighted by Gasteiger charge is 2.17. The van der Waals surface area contributed by atoms with Gasteiger partial charge in [-0.25, -0.2) is 0 Å². The zero-order chi connectivity index (χ0) is 15.4. The van der Waals surface area contributed by atoms with Gasteiger partial charge in [0.25, 0.3) is 5.91 Å². The molecule has 1 aromatic carbocycles. The maximum Gasteiger partial charge on any atom is 0.253 e. The van der Waals surface area contributed by atoms with Crippen LogP contribution in [0.2, 0.25) is 0 Å². The van der Waals surface area contributed by atoms with Crippen LogP contribution in [-0.4, -0.2) is 46.5 Å². The van der Waals surface area contributed by atoms with Crippen LogP contribution in [0.4, 0.5) is 0 Å². The number of H-pyrrole nitrogens is 1. The zero-order valence-corrected chi connectivity index (χ0v) is 12.5. The number of likely N-dealkylation sites (tertiary alicyclic amines) is 1. The Bertz CT molecular complexity index is 680. The number of benzene rings is 1. The van der Waals surface area contributed by atoms with E-state index in [1.807, 2.05) is 17.0 Å². The third-order valence-corrected chi connectivity index (χ3v) is 4.06. The van der Waals surface area contributed by atoms with Crippen molar-refractivity contribution in [1.29, 1.82) is 0 Å². The van der Waals surface area contributed by atoms with Gasteiger partial charge in [-0.3, -0.25) is 14.7 Å². The summed E-state index contributed by atoms with van der Waals surface area (Å²) in [7, 11) is 0. The number of fused-ring (bicyclic) bond motifs is 1. The third-order valence-electron chi connectivity index (χ3n) is 4.06. The maximum atomic E-state index is 12.3. The highest BCUT2D eigenvalue weighted by Crippen LogP contribution is 2.15. The summed E-state index contributed by atoms with van der Waals surface area (Å²) in [4.78, 5) is 26.0. The molecule has 1 aromatic heterocycles. The lowest BCUT2D eigenvalue weighted by Crippen LogP contribution is -2.38. The summed E-state index contributed by atoms with van der Waals surface area (Å²) in [5.41, 5.74) is 1.32. The molecule has 0 atom stereocenters. The van der Waals surface area contributed by atoms with E-state index in [4.69, 9.17) is 0 Å². The average Bonchev–Trinajstić information content (AvgIpc) is 2.92. The lowest BCUT2D eigenvalue weighted by molar-refractivity contribution is -0.130. The molecule has 2 N–H and O–H groups in total. The fraction of sp³-hybridized carbons (Fsp3) is 0.438. The van der Waals surface area contributed by atoms with Gasteiger partial charge in [-0.1, -0.05) is 18.6 Å². The number of carbonyl (C=O) groups is 2. The first-order chi connectivity index (χ1) is 10.8. The minimum atomic E-state index is -0.142. The van der Waals surface area contributed by atoms with E-state index in [9.17, 15) is 9.59 Å². The summed E-state index contributed by atoms with van der Waals surface area (Å²) in [5, 5.41) is 10.6. The van der Waals surface area contributed by atoms with Crippen LogP contribution in [0.15, 0.2) is 24.4 Å². The Labute approximate surface area is 128 Å². The minimum absolute atomic E-state index is 0.142. The number of aromatic nitrogens is 2. The molecule has 0 spiro atoms. The van der Waals surface area contributed by atoms with Crippen molar-refractivity contribution in [3.63, 3.8) is 0 Å². The van der Waals surface area contributed by atoms with Crippen LogP contribution in [0.25, 0.3) is 10.9 Å². The summed E-state index contributed by atoms with van der Waals surface area (Å²) in [5.74, 6) is 0.0551. The van der Waals surface area contributed by atoms with Gasteiger partial charge in [-0.15, -0.1) is 0 Å². The predicted octanol–water partition coefficient (Wildman–Crippen LogP) is 1.70. The zero-order valence-electron chi connectivity index (χ0n) is 12.5. The van der Waals surface area contributed by atoms with Crippen molar-refractivity contribution in [3.8, 4) is 0 Å². The van der Waals surface area contributed by atoms with Gasteiger partial charge >= 0.3 is 0 Å². The fourth-order valence-electron chi connectivity index (χ4n) is 2.83. The fourth-order valence-corrected chi connectivity index (χ4v) is 2.83. The van der Waals surface area contributed by atoms with Crippen molar-refractivity contribution in [2.24, 2.45) is 0 Å².